The van der Waals surface area contributed by atoms with Gasteiger partial charge in [0.25, 0.3) is 0 Å². The van der Waals surface area contributed by atoms with Crippen molar-refractivity contribution in [2.75, 3.05) is 7.11 Å². The Bertz CT molecular complexity index is 292. The highest BCUT2D eigenvalue weighted by atomic mass is 16.5. The van der Waals surface area contributed by atoms with E-state index in [0.29, 0.717) is 11.4 Å². The summed E-state index contributed by atoms with van der Waals surface area (Å²) in [4.78, 5) is 3.88. The molecule has 0 aliphatic heterocycles. The maximum absolute atomic E-state index is 5.22. The Labute approximate surface area is 70.8 Å². The lowest BCUT2D eigenvalue weighted by Gasteiger charge is -2.02. The molecule has 1 rings (SSSR count). The molecule has 0 heterocycles. The van der Waals surface area contributed by atoms with E-state index < -0.39 is 0 Å². The number of methoxy groups -OCH3 is 1. The lowest BCUT2D eigenvalue weighted by atomic mass is 10.3. The van der Waals surface area contributed by atoms with Crippen molar-refractivity contribution in [2.45, 2.75) is 0 Å². The highest BCUT2D eigenvalue weighted by Crippen LogP contribution is 2.25. The zero-order valence-corrected chi connectivity index (χ0v) is 6.82. The molecule has 0 aromatic heterocycles. The number of hydrogen-bond donors (Lipinski definition) is 2. The first-order valence-corrected chi connectivity index (χ1v) is 3.46. The summed E-state index contributed by atoms with van der Waals surface area (Å²) in [5.74, 6) is 0.686. The number of nitrogens with two attached hydrogens (primary N) is 2. The van der Waals surface area contributed by atoms with Crippen LogP contribution in [0.25, 0.3) is 0 Å². The molecule has 0 saturated carbocycles. The molecule has 0 unspecified atom stereocenters. The molecule has 4 heteroatoms. The van der Waals surface area contributed by atoms with E-state index in [2.05, 4.69) is 4.99 Å². The average molecular weight is 165 g/mol. The second kappa shape index (κ2) is 3.61. The third-order valence-corrected chi connectivity index (χ3v) is 1.33. The van der Waals surface area contributed by atoms with Gasteiger partial charge in [-0.25, -0.2) is 4.99 Å². The largest absolute Gasteiger partial charge is 0.494 e. The maximum atomic E-state index is 5.22. The molecule has 0 fully saturated rings. The summed E-state index contributed by atoms with van der Waals surface area (Å²) >= 11 is 0. The van der Waals surface area contributed by atoms with Gasteiger partial charge < -0.3 is 16.2 Å². The molecule has 0 amide bonds. The lowest BCUT2D eigenvalue weighted by Crippen LogP contribution is -2.21. The summed E-state index contributed by atoms with van der Waals surface area (Å²) in [7, 11) is 1.57. The van der Waals surface area contributed by atoms with Gasteiger partial charge in [0, 0.05) is 0 Å². The Hall–Kier alpha value is -1.71. The Morgan fingerprint density at radius 2 is 2.00 bits per heavy atom. The highest BCUT2D eigenvalue weighted by molar-refractivity contribution is 5.80. The number of aliphatic imine (C=N–C) groups is 1. The topological polar surface area (TPSA) is 73.6 Å². The Balaban J connectivity index is 3.05. The van der Waals surface area contributed by atoms with E-state index >= 15 is 0 Å². The van der Waals surface area contributed by atoms with Crippen molar-refractivity contribution < 1.29 is 4.74 Å². The summed E-state index contributed by atoms with van der Waals surface area (Å²) < 4.78 is 5.03. The first-order chi connectivity index (χ1) is 5.74. The molecule has 12 heavy (non-hydrogen) atoms. The molecular formula is C8H11N3O. The lowest BCUT2D eigenvalue weighted by molar-refractivity contribution is 0.416. The van der Waals surface area contributed by atoms with Gasteiger partial charge in [0.05, 0.1) is 7.11 Å². The van der Waals surface area contributed by atoms with E-state index in [-0.39, 0.29) is 5.96 Å². The normalized spacial score (nSPS) is 9.08. The summed E-state index contributed by atoms with van der Waals surface area (Å²) in [5.41, 5.74) is 11.1. The second-order valence-corrected chi connectivity index (χ2v) is 2.21. The quantitative estimate of drug-likeness (QED) is 0.497. The SMILES string of the molecule is COc1ccccc1N=C(N)N. The average Bonchev–Trinajstić information content (AvgIpc) is 2.04. The van der Waals surface area contributed by atoms with Crippen LogP contribution < -0.4 is 16.2 Å². The summed E-state index contributed by atoms with van der Waals surface area (Å²) in [6, 6.07) is 7.26. The molecule has 1 aromatic rings. The molecular weight excluding hydrogens is 154 g/mol. The summed E-state index contributed by atoms with van der Waals surface area (Å²) in [6.45, 7) is 0. The van der Waals surface area contributed by atoms with Crippen LogP contribution in [0.15, 0.2) is 29.3 Å². The summed E-state index contributed by atoms with van der Waals surface area (Å²) in [6.07, 6.45) is 0. The van der Waals surface area contributed by atoms with Crippen LogP contribution in [-0.2, 0) is 0 Å². The second-order valence-electron chi connectivity index (χ2n) is 2.21. The third kappa shape index (κ3) is 1.88. The zero-order chi connectivity index (χ0) is 8.97. The standard InChI is InChI=1S/C8H11N3O/c1-12-7-5-3-2-4-6(7)11-8(9)10/h2-5H,1H3,(H4,9,10,11). The van der Waals surface area contributed by atoms with Gasteiger partial charge in [-0.1, -0.05) is 12.1 Å². The summed E-state index contributed by atoms with van der Waals surface area (Å²) in [5, 5.41) is 0. The van der Waals surface area contributed by atoms with Crippen molar-refractivity contribution in [3.63, 3.8) is 0 Å². The van der Waals surface area contributed by atoms with E-state index in [9.17, 15) is 0 Å². The van der Waals surface area contributed by atoms with Crippen LogP contribution in [-0.4, -0.2) is 13.1 Å². The molecule has 4 nitrogen and oxygen atoms in total. The number of para-hydroxylation sites is 2. The maximum Gasteiger partial charge on any atom is 0.191 e. The van der Waals surface area contributed by atoms with Crippen molar-refractivity contribution >= 4 is 11.6 Å². The smallest absolute Gasteiger partial charge is 0.191 e. The van der Waals surface area contributed by atoms with Gasteiger partial charge in [-0.15, -0.1) is 0 Å². The monoisotopic (exact) mass is 165 g/mol. The molecule has 1 aromatic carbocycles. The predicted octanol–water partition coefficient (Wildman–Crippen LogP) is 0.600. The number of nitrogens with zero attached hydrogens (tertiary/aromatic N) is 1. The van der Waals surface area contributed by atoms with Crippen LogP contribution in [0.1, 0.15) is 0 Å². The van der Waals surface area contributed by atoms with E-state index in [1.54, 1.807) is 19.2 Å². The first kappa shape index (κ1) is 8.39. The Morgan fingerprint density at radius 3 is 2.58 bits per heavy atom. The number of ether oxygens (including phenoxy) is 1. The molecule has 0 saturated heterocycles. The fourth-order valence-electron chi connectivity index (χ4n) is 0.861. The third-order valence-electron chi connectivity index (χ3n) is 1.33. The fourth-order valence-corrected chi connectivity index (χ4v) is 0.861. The van der Waals surface area contributed by atoms with Crippen molar-refractivity contribution in [1.29, 1.82) is 0 Å². The molecule has 0 bridgehead atoms. The number of benzene rings is 1. The van der Waals surface area contributed by atoms with Gasteiger partial charge in [-0.3, -0.25) is 0 Å². The van der Waals surface area contributed by atoms with Crippen LogP contribution >= 0.6 is 0 Å². The van der Waals surface area contributed by atoms with Crippen LogP contribution in [0, 0.1) is 0 Å². The molecule has 0 spiro atoms. The first-order valence-electron chi connectivity index (χ1n) is 3.46. The predicted molar refractivity (Wildman–Crippen MR) is 48.5 cm³/mol. The van der Waals surface area contributed by atoms with E-state index in [1.165, 1.54) is 0 Å². The van der Waals surface area contributed by atoms with Crippen molar-refractivity contribution in [1.82, 2.24) is 0 Å². The van der Waals surface area contributed by atoms with Gasteiger partial charge in [-0.2, -0.15) is 0 Å². The van der Waals surface area contributed by atoms with Gasteiger partial charge in [0.2, 0.25) is 0 Å². The van der Waals surface area contributed by atoms with Gasteiger partial charge in [-0.05, 0) is 12.1 Å². The number of guanidine groups is 1. The Morgan fingerprint density at radius 1 is 1.33 bits per heavy atom. The zero-order valence-electron chi connectivity index (χ0n) is 6.82. The minimum Gasteiger partial charge on any atom is -0.494 e. The molecule has 0 radical (unpaired) electrons. The molecule has 0 aliphatic carbocycles. The van der Waals surface area contributed by atoms with Crippen molar-refractivity contribution in [3.05, 3.63) is 24.3 Å². The van der Waals surface area contributed by atoms with Crippen LogP contribution in [0.4, 0.5) is 5.69 Å². The fraction of sp³-hybridized carbons (Fsp3) is 0.125. The molecule has 0 atom stereocenters. The van der Waals surface area contributed by atoms with Crippen LogP contribution in [0.3, 0.4) is 0 Å². The van der Waals surface area contributed by atoms with Crippen LogP contribution in [0.5, 0.6) is 5.75 Å². The molecule has 64 valence electrons. The Kier molecular flexibility index (Phi) is 2.53. The van der Waals surface area contributed by atoms with Crippen LogP contribution in [0.2, 0.25) is 0 Å². The van der Waals surface area contributed by atoms with Gasteiger partial charge in [0.15, 0.2) is 5.96 Å². The van der Waals surface area contributed by atoms with E-state index in [1.807, 2.05) is 12.1 Å². The number of rotatable bonds is 2. The van der Waals surface area contributed by atoms with Gasteiger partial charge in [0.1, 0.15) is 11.4 Å². The van der Waals surface area contributed by atoms with E-state index in [0.717, 1.165) is 0 Å². The van der Waals surface area contributed by atoms with Crippen molar-refractivity contribution in [2.24, 2.45) is 16.5 Å². The minimum atomic E-state index is 0.0273. The van der Waals surface area contributed by atoms with Gasteiger partial charge >= 0.3 is 0 Å². The molecule has 4 N–H and O–H groups in total. The number of hydrogen-bond acceptors (Lipinski definition) is 2. The van der Waals surface area contributed by atoms with Crippen molar-refractivity contribution in [3.8, 4) is 5.75 Å². The van der Waals surface area contributed by atoms with E-state index in [4.69, 9.17) is 16.2 Å². The minimum absolute atomic E-state index is 0.0273. The highest BCUT2D eigenvalue weighted by Gasteiger charge is 1.98. The molecule has 0 aliphatic rings.